The number of aromatic nitrogens is 3. The van der Waals surface area contributed by atoms with E-state index in [1.54, 1.807) is 27.7 Å². The second-order valence-electron chi connectivity index (χ2n) is 7.20. The molecule has 1 saturated heterocycles. The van der Waals surface area contributed by atoms with Crippen LogP contribution in [0.2, 0.25) is 0 Å². The van der Waals surface area contributed by atoms with E-state index in [-0.39, 0.29) is 18.3 Å². The summed E-state index contributed by atoms with van der Waals surface area (Å²) < 4.78 is 10.2. The van der Waals surface area contributed by atoms with Gasteiger partial charge in [0.1, 0.15) is 17.5 Å². The fourth-order valence-corrected chi connectivity index (χ4v) is 2.69. The third-order valence-electron chi connectivity index (χ3n) is 3.83. The summed E-state index contributed by atoms with van der Waals surface area (Å²) in [6, 6.07) is -0.537. The molecule has 2 amide bonds. The SMILES string of the molecule is CCOC(=O)c1n[nH]c(CCNC(=O)C2CCCN2C(=O)OC(C)(C)C)n1. The van der Waals surface area contributed by atoms with E-state index >= 15 is 0 Å². The average molecular weight is 381 g/mol. The highest BCUT2D eigenvalue weighted by Gasteiger charge is 2.36. The van der Waals surface area contributed by atoms with Crippen molar-refractivity contribution < 1.29 is 23.9 Å². The molecule has 0 aromatic carbocycles. The summed E-state index contributed by atoms with van der Waals surface area (Å²) in [7, 11) is 0. The van der Waals surface area contributed by atoms with Crippen LogP contribution in [0.3, 0.4) is 0 Å². The highest BCUT2D eigenvalue weighted by Crippen LogP contribution is 2.20. The van der Waals surface area contributed by atoms with E-state index < -0.39 is 23.7 Å². The molecule has 1 aromatic rings. The summed E-state index contributed by atoms with van der Waals surface area (Å²) in [6.07, 6.45) is 1.24. The molecular weight excluding hydrogens is 354 g/mol. The zero-order chi connectivity index (χ0) is 20.0. The molecule has 0 spiro atoms. The molecular formula is C17H27N5O5. The van der Waals surface area contributed by atoms with Crippen LogP contribution in [0.4, 0.5) is 4.79 Å². The first-order valence-corrected chi connectivity index (χ1v) is 9.07. The molecule has 0 saturated carbocycles. The molecule has 10 nitrogen and oxygen atoms in total. The van der Waals surface area contributed by atoms with Crippen molar-refractivity contribution in [2.45, 2.75) is 58.6 Å². The van der Waals surface area contributed by atoms with E-state index in [1.165, 1.54) is 4.90 Å². The predicted octanol–water partition coefficient (Wildman–Crippen LogP) is 1.04. The number of carbonyl (C=O) groups is 3. The van der Waals surface area contributed by atoms with Gasteiger partial charge >= 0.3 is 12.1 Å². The van der Waals surface area contributed by atoms with Gasteiger partial charge in [-0.05, 0) is 40.5 Å². The smallest absolute Gasteiger partial charge is 0.410 e. The number of hydrogen-bond donors (Lipinski definition) is 2. The topological polar surface area (TPSA) is 127 Å². The minimum absolute atomic E-state index is 0.0370. The minimum Gasteiger partial charge on any atom is -0.460 e. The highest BCUT2D eigenvalue weighted by atomic mass is 16.6. The Morgan fingerprint density at radius 1 is 1.33 bits per heavy atom. The number of ether oxygens (including phenoxy) is 2. The zero-order valence-electron chi connectivity index (χ0n) is 16.2. The largest absolute Gasteiger partial charge is 0.460 e. The third-order valence-corrected chi connectivity index (χ3v) is 3.83. The molecule has 0 radical (unpaired) electrons. The molecule has 0 bridgehead atoms. The van der Waals surface area contributed by atoms with Crippen molar-refractivity contribution in [3.05, 3.63) is 11.6 Å². The second-order valence-corrected chi connectivity index (χ2v) is 7.20. The lowest BCUT2D eigenvalue weighted by molar-refractivity contribution is -0.125. The van der Waals surface area contributed by atoms with Gasteiger partial charge in [-0.2, -0.15) is 0 Å². The van der Waals surface area contributed by atoms with Gasteiger partial charge in [0.25, 0.3) is 5.82 Å². The number of H-pyrrole nitrogens is 1. The standard InChI is InChI=1S/C17H27N5O5/c1-5-26-15(24)13-19-12(20-21-13)8-9-18-14(23)11-7-6-10-22(11)16(25)27-17(2,3)4/h11H,5-10H2,1-4H3,(H,18,23)(H,19,20,21). The summed E-state index contributed by atoms with van der Waals surface area (Å²) in [6.45, 7) is 8.11. The van der Waals surface area contributed by atoms with Gasteiger partial charge in [-0.15, -0.1) is 5.10 Å². The molecule has 1 aliphatic heterocycles. The molecule has 1 aromatic heterocycles. The van der Waals surface area contributed by atoms with Crippen LogP contribution < -0.4 is 5.32 Å². The zero-order valence-corrected chi connectivity index (χ0v) is 16.2. The van der Waals surface area contributed by atoms with Crippen molar-refractivity contribution in [2.24, 2.45) is 0 Å². The van der Waals surface area contributed by atoms with Crippen LogP contribution in [0.25, 0.3) is 0 Å². The molecule has 1 fully saturated rings. The lowest BCUT2D eigenvalue weighted by Crippen LogP contribution is -2.47. The van der Waals surface area contributed by atoms with Gasteiger partial charge in [0.15, 0.2) is 0 Å². The Morgan fingerprint density at radius 3 is 2.74 bits per heavy atom. The number of nitrogens with zero attached hydrogens (tertiary/aromatic N) is 3. The van der Waals surface area contributed by atoms with E-state index in [1.807, 2.05) is 0 Å². The maximum absolute atomic E-state index is 12.4. The molecule has 0 aliphatic carbocycles. The summed E-state index contributed by atoms with van der Waals surface area (Å²) in [5, 5.41) is 9.22. The predicted molar refractivity (Wildman–Crippen MR) is 95.0 cm³/mol. The van der Waals surface area contributed by atoms with E-state index in [9.17, 15) is 14.4 Å². The Morgan fingerprint density at radius 2 is 2.07 bits per heavy atom. The summed E-state index contributed by atoms with van der Waals surface area (Å²) >= 11 is 0. The van der Waals surface area contributed by atoms with E-state index in [0.29, 0.717) is 31.8 Å². The maximum atomic E-state index is 12.4. The molecule has 1 aliphatic rings. The van der Waals surface area contributed by atoms with Gasteiger partial charge in [-0.3, -0.25) is 14.8 Å². The van der Waals surface area contributed by atoms with Crippen LogP contribution in [-0.2, 0) is 20.7 Å². The Balaban J connectivity index is 1.83. The van der Waals surface area contributed by atoms with Gasteiger partial charge in [-0.25, -0.2) is 14.6 Å². The molecule has 150 valence electrons. The average Bonchev–Trinajstić information content (AvgIpc) is 3.23. The Labute approximate surface area is 158 Å². The maximum Gasteiger partial charge on any atom is 0.410 e. The van der Waals surface area contributed by atoms with Gasteiger partial charge in [0.05, 0.1) is 6.61 Å². The molecule has 2 N–H and O–H groups in total. The van der Waals surface area contributed by atoms with Crippen LogP contribution in [0.15, 0.2) is 0 Å². The van der Waals surface area contributed by atoms with Crippen molar-refractivity contribution in [3.63, 3.8) is 0 Å². The minimum atomic E-state index is -0.608. The quantitative estimate of drug-likeness (QED) is 0.705. The van der Waals surface area contributed by atoms with E-state index in [4.69, 9.17) is 9.47 Å². The Hall–Kier alpha value is -2.65. The van der Waals surface area contributed by atoms with Gasteiger partial charge in [0, 0.05) is 19.5 Å². The Kier molecular flexibility index (Phi) is 6.75. The van der Waals surface area contributed by atoms with Crippen LogP contribution in [-0.4, -0.2) is 69.4 Å². The van der Waals surface area contributed by atoms with Crippen LogP contribution >= 0.6 is 0 Å². The number of aromatic amines is 1. The summed E-state index contributed by atoms with van der Waals surface area (Å²) in [5.41, 5.74) is -0.608. The first kappa shape index (κ1) is 20.7. The number of carbonyl (C=O) groups excluding carboxylic acids is 3. The number of nitrogens with one attached hydrogen (secondary N) is 2. The van der Waals surface area contributed by atoms with Crippen LogP contribution in [0.1, 0.15) is 57.0 Å². The fraction of sp³-hybridized carbons (Fsp3) is 0.706. The number of hydrogen-bond acceptors (Lipinski definition) is 7. The molecule has 1 atom stereocenters. The number of amides is 2. The summed E-state index contributed by atoms with van der Waals surface area (Å²) in [5.74, 6) is -0.398. The van der Waals surface area contributed by atoms with Crippen molar-refractivity contribution in [3.8, 4) is 0 Å². The molecule has 27 heavy (non-hydrogen) atoms. The highest BCUT2D eigenvalue weighted by molar-refractivity contribution is 5.86. The van der Waals surface area contributed by atoms with E-state index in [0.717, 1.165) is 6.42 Å². The van der Waals surface area contributed by atoms with Gasteiger partial charge in [0.2, 0.25) is 5.91 Å². The monoisotopic (exact) mass is 381 g/mol. The van der Waals surface area contributed by atoms with Gasteiger partial charge in [-0.1, -0.05) is 0 Å². The lowest BCUT2D eigenvalue weighted by atomic mass is 10.2. The van der Waals surface area contributed by atoms with E-state index in [2.05, 4.69) is 20.5 Å². The second kappa shape index (κ2) is 8.83. The number of rotatable bonds is 6. The fourth-order valence-electron chi connectivity index (χ4n) is 2.69. The normalized spacial score (nSPS) is 16.9. The van der Waals surface area contributed by atoms with Crippen molar-refractivity contribution in [1.29, 1.82) is 0 Å². The molecule has 1 unspecified atom stereocenters. The first-order chi connectivity index (χ1) is 12.7. The molecule has 2 rings (SSSR count). The van der Waals surface area contributed by atoms with Gasteiger partial charge < -0.3 is 14.8 Å². The van der Waals surface area contributed by atoms with Crippen molar-refractivity contribution in [1.82, 2.24) is 25.4 Å². The first-order valence-electron chi connectivity index (χ1n) is 9.07. The summed E-state index contributed by atoms with van der Waals surface area (Å²) in [4.78, 5) is 41.7. The third kappa shape index (κ3) is 5.93. The van der Waals surface area contributed by atoms with Crippen LogP contribution in [0.5, 0.6) is 0 Å². The number of likely N-dealkylation sites (tertiary alicyclic amines) is 1. The lowest BCUT2D eigenvalue weighted by Gasteiger charge is -2.28. The van der Waals surface area contributed by atoms with Crippen molar-refractivity contribution in [2.75, 3.05) is 19.7 Å². The Bertz CT molecular complexity index is 681. The number of esters is 1. The molecule has 2 heterocycles. The molecule has 10 heteroatoms. The van der Waals surface area contributed by atoms with Crippen LogP contribution in [0, 0.1) is 0 Å². The van der Waals surface area contributed by atoms with Crippen molar-refractivity contribution >= 4 is 18.0 Å².